The monoisotopic (exact) mass is 358 g/mol. The van der Waals surface area contributed by atoms with E-state index in [-0.39, 0.29) is 12.0 Å². The fourth-order valence-corrected chi connectivity index (χ4v) is 4.39. The largest absolute Gasteiger partial charge is 0.376 e. The van der Waals surface area contributed by atoms with Crippen LogP contribution in [-0.2, 0) is 4.74 Å². The minimum atomic E-state index is 0.0960. The van der Waals surface area contributed by atoms with Gasteiger partial charge in [-0.3, -0.25) is 4.79 Å². The summed E-state index contributed by atoms with van der Waals surface area (Å²) in [5.41, 5.74) is 0.659. The topological polar surface area (TPSA) is 45.3 Å². The first-order valence-electron chi connectivity index (χ1n) is 7.08. The Labute approximate surface area is 131 Å². The zero-order valence-corrected chi connectivity index (χ0v) is 13.7. The average molecular weight is 359 g/mol. The molecule has 1 amide bonds. The molecule has 1 aromatic heterocycles. The number of nitrogens with zero attached hydrogens (tertiary/aromatic N) is 1. The molecule has 0 unspecified atom stereocenters. The van der Waals surface area contributed by atoms with Crippen LogP contribution in [0.5, 0.6) is 0 Å². The minimum absolute atomic E-state index is 0.0960. The van der Waals surface area contributed by atoms with Crippen molar-refractivity contribution < 1.29 is 9.53 Å². The number of aromatic amines is 1. The molecule has 1 aromatic rings. The molecule has 2 fully saturated rings. The molecular weight excluding hydrogens is 340 g/mol. The summed E-state index contributed by atoms with van der Waals surface area (Å²) in [7, 11) is 0. The molecule has 3 heterocycles. The second-order valence-electron chi connectivity index (χ2n) is 5.34. The molecule has 6 heteroatoms. The first kappa shape index (κ1) is 14.5. The number of H-pyrrole nitrogens is 1. The molecule has 1 N–H and O–H groups in total. The van der Waals surface area contributed by atoms with Crippen LogP contribution in [0.1, 0.15) is 29.8 Å². The van der Waals surface area contributed by atoms with Crippen LogP contribution >= 0.6 is 27.7 Å². The highest BCUT2D eigenvalue weighted by Crippen LogP contribution is 2.26. The van der Waals surface area contributed by atoms with Crippen molar-refractivity contribution in [3.05, 3.63) is 22.4 Å². The number of hydrogen-bond donors (Lipinski definition) is 1. The number of amides is 1. The Morgan fingerprint density at radius 3 is 3.05 bits per heavy atom. The van der Waals surface area contributed by atoms with E-state index in [1.54, 1.807) is 6.20 Å². The SMILES string of the molecule is O=C(c1cc(Br)c[nH]1)N(C[C@H]1CCCO1)[C@@H]1CCSC1. The highest BCUT2D eigenvalue weighted by atomic mass is 79.9. The molecule has 0 radical (unpaired) electrons. The highest BCUT2D eigenvalue weighted by Gasteiger charge is 2.31. The molecule has 110 valence electrons. The molecule has 4 nitrogen and oxygen atoms in total. The number of rotatable bonds is 4. The van der Waals surface area contributed by atoms with Crippen LogP contribution in [0.15, 0.2) is 16.7 Å². The van der Waals surface area contributed by atoms with Gasteiger partial charge in [0.2, 0.25) is 0 Å². The molecule has 0 saturated carbocycles. The van der Waals surface area contributed by atoms with Crippen LogP contribution in [0.4, 0.5) is 0 Å². The second-order valence-corrected chi connectivity index (χ2v) is 7.41. The number of carbonyl (C=O) groups is 1. The standard InChI is InChI=1S/C14H19BrN2O2S/c15-10-6-13(16-7-10)14(18)17(11-3-5-20-9-11)8-12-2-1-4-19-12/h6-7,11-12,16H,1-5,8-9H2/t11-,12-/m1/s1. The summed E-state index contributed by atoms with van der Waals surface area (Å²) >= 11 is 5.32. The number of carbonyl (C=O) groups excluding carboxylic acids is 1. The molecule has 2 aliphatic rings. The molecule has 2 saturated heterocycles. The maximum Gasteiger partial charge on any atom is 0.270 e. The molecule has 0 aromatic carbocycles. The zero-order chi connectivity index (χ0) is 13.9. The van der Waals surface area contributed by atoms with Crippen LogP contribution < -0.4 is 0 Å². The van der Waals surface area contributed by atoms with Crippen LogP contribution in [-0.4, -0.2) is 52.6 Å². The Bertz CT molecular complexity index is 467. The Morgan fingerprint density at radius 2 is 2.45 bits per heavy atom. The van der Waals surface area contributed by atoms with Gasteiger partial charge in [0.25, 0.3) is 5.91 Å². The summed E-state index contributed by atoms with van der Waals surface area (Å²) in [6.45, 7) is 1.56. The van der Waals surface area contributed by atoms with Gasteiger partial charge in [0.05, 0.1) is 6.10 Å². The third-order valence-electron chi connectivity index (χ3n) is 3.91. The highest BCUT2D eigenvalue weighted by molar-refractivity contribution is 9.10. The summed E-state index contributed by atoms with van der Waals surface area (Å²) in [4.78, 5) is 17.8. The van der Waals surface area contributed by atoms with E-state index in [1.165, 1.54) is 0 Å². The average Bonchev–Trinajstić information content (AvgIpc) is 3.17. The summed E-state index contributed by atoms with van der Waals surface area (Å²) < 4.78 is 6.63. The quantitative estimate of drug-likeness (QED) is 0.899. The predicted octanol–water partition coefficient (Wildman–Crippen LogP) is 2.90. The van der Waals surface area contributed by atoms with E-state index in [4.69, 9.17) is 4.74 Å². The van der Waals surface area contributed by atoms with Gasteiger partial charge in [0, 0.05) is 35.6 Å². The number of halogens is 1. The number of nitrogens with one attached hydrogen (secondary N) is 1. The third-order valence-corrected chi connectivity index (χ3v) is 5.51. The molecule has 0 spiro atoms. The normalized spacial score (nSPS) is 26.1. The van der Waals surface area contributed by atoms with Gasteiger partial charge in [-0.2, -0.15) is 11.8 Å². The maximum atomic E-state index is 12.7. The van der Waals surface area contributed by atoms with Gasteiger partial charge < -0.3 is 14.6 Å². The predicted molar refractivity (Wildman–Crippen MR) is 84.2 cm³/mol. The lowest BCUT2D eigenvalue weighted by molar-refractivity contribution is 0.0438. The third kappa shape index (κ3) is 3.23. The molecular formula is C14H19BrN2O2S. The Hall–Kier alpha value is -0.460. The van der Waals surface area contributed by atoms with Crippen LogP contribution in [0.2, 0.25) is 0 Å². The van der Waals surface area contributed by atoms with Crippen molar-refractivity contribution >= 4 is 33.6 Å². The van der Waals surface area contributed by atoms with Gasteiger partial charge in [0.1, 0.15) is 5.69 Å². The van der Waals surface area contributed by atoms with Crippen LogP contribution in [0, 0.1) is 0 Å². The van der Waals surface area contributed by atoms with Gasteiger partial charge in [0.15, 0.2) is 0 Å². The van der Waals surface area contributed by atoms with Gasteiger partial charge in [-0.15, -0.1) is 0 Å². The first-order chi connectivity index (χ1) is 9.74. The van der Waals surface area contributed by atoms with Crippen molar-refractivity contribution in [3.8, 4) is 0 Å². The van der Waals surface area contributed by atoms with Gasteiger partial charge in [-0.1, -0.05) is 0 Å². The van der Waals surface area contributed by atoms with Crippen molar-refractivity contribution in [3.63, 3.8) is 0 Å². The van der Waals surface area contributed by atoms with Crippen molar-refractivity contribution in [1.82, 2.24) is 9.88 Å². The zero-order valence-electron chi connectivity index (χ0n) is 11.3. The minimum Gasteiger partial charge on any atom is -0.376 e. The summed E-state index contributed by atoms with van der Waals surface area (Å²) in [6.07, 6.45) is 5.28. The van der Waals surface area contributed by atoms with E-state index in [0.717, 1.165) is 48.4 Å². The van der Waals surface area contributed by atoms with Crippen LogP contribution in [0.25, 0.3) is 0 Å². The van der Waals surface area contributed by atoms with E-state index in [1.807, 2.05) is 22.7 Å². The Kier molecular flexibility index (Phi) is 4.73. The smallest absolute Gasteiger partial charge is 0.270 e. The number of hydrogen-bond acceptors (Lipinski definition) is 3. The van der Waals surface area contributed by atoms with Gasteiger partial charge >= 0.3 is 0 Å². The molecule has 20 heavy (non-hydrogen) atoms. The number of aromatic nitrogens is 1. The summed E-state index contributed by atoms with van der Waals surface area (Å²) in [6, 6.07) is 2.20. The number of ether oxygens (including phenoxy) is 1. The van der Waals surface area contributed by atoms with E-state index in [9.17, 15) is 4.79 Å². The van der Waals surface area contributed by atoms with E-state index in [2.05, 4.69) is 20.9 Å². The number of thioether (sulfide) groups is 1. The maximum absolute atomic E-state index is 12.7. The van der Waals surface area contributed by atoms with Crippen molar-refractivity contribution in [2.75, 3.05) is 24.7 Å². The molecule has 2 atom stereocenters. The Balaban J connectivity index is 1.74. The molecule has 3 rings (SSSR count). The fourth-order valence-electron chi connectivity index (χ4n) is 2.82. The summed E-state index contributed by atoms with van der Waals surface area (Å²) in [5.74, 6) is 2.29. The van der Waals surface area contributed by atoms with E-state index >= 15 is 0 Å². The molecule has 0 aliphatic carbocycles. The van der Waals surface area contributed by atoms with Crippen molar-refractivity contribution in [2.24, 2.45) is 0 Å². The lowest BCUT2D eigenvalue weighted by Crippen LogP contribution is -2.44. The van der Waals surface area contributed by atoms with Crippen molar-refractivity contribution in [2.45, 2.75) is 31.4 Å². The first-order valence-corrected chi connectivity index (χ1v) is 9.03. The van der Waals surface area contributed by atoms with Crippen molar-refractivity contribution in [1.29, 1.82) is 0 Å². The van der Waals surface area contributed by atoms with Crippen LogP contribution in [0.3, 0.4) is 0 Å². The summed E-state index contributed by atoms with van der Waals surface area (Å²) in [5, 5.41) is 0. The van der Waals surface area contributed by atoms with Gasteiger partial charge in [-0.25, -0.2) is 0 Å². The fraction of sp³-hybridized carbons (Fsp3) is 0.643. The molecule has 0 bridgehead atoms. The Morgan fingerprint density at radius 1 is 1.55 bits per heavy atom. The lowest BCUT2D eigenvalue weighted by atomic mass is 10.1. The van der Waals surface area contributed by atoms with Gasteiger partial charge in [-0.05, 0) is 47.0 Å². The van der Waals surface area contributed by atoms with E-state index < -0.39 is 0 Å². The lowest BCUT2D eigenvalue weighted by Gasteiger charge is -2.30. The molecule has 2 aliphatic heterocycles. The second kappa shape index (κ2) is 6.54. The van der Waals surface area contributed by atoms with E-state index in [0.29, 0.717) is 11.7 Å².